The van der Waals surface area contributed by atoms with E-state index < -0.39 is 8.80 Å². The van der Waals surface area contributed by atoms with E-state index in [4.69, 9.17) is 0 Å². The summed E-state index contributed by atoms with van der Waals surface area (Å²) in [7, 11) is 3.61. The Hall–Kier alpha value is -1.80. The van der Waals surface area contributed by atoms with Crippen LogP contribution in [0.3, 0.4) is 0 Å². The summed E-state index contributed by atoms with van der Waals surface area (Å²) in [5.74, 6) is 0. The van der Waals surface area contributed by atoms with Gasteiger partial charge < -0.3 is 4.90 Å². The van der Waals surface area contributed by atoms with Gasteiger partial charge in [0.25, 0.3) is 0 Å². The van der Waals surface area contributed by atoms with Crippen molar-refractivity contribution in [3.63, 3.8) is 0 Å². The van der Waals surface area contributed by atoms with E-state index in [0.717, 1.165) is 16.7 Å². The fraction of sp³-hybridized carbons (Fsp3) is 0.364. The topological polar surface area (TPSA) is 3.24 Å². The molecule has 0 aromatic heterocycles. The van der Waals surface area contributed by atoms with Crippen LogP contribution >= 0.6 is 0 Å². The van der Waals surface area contributed by atoms with E-state index in [1.165, 1.54) is 22.0 Å². The maximum Gasteiger partial charge on any atom is 0.0910 e. The van der Waals surface area contributed by atoms with Crippen molar-refractivity contribution in [2.75, 3.05) is 19.0 Å². The van der Waals surface area contributed by atoms with E-state index in [1.807, 2.05) is 0 Å². The number of benzene rings is 2. The quantitative estimate of drug-likeness (QED) is 0.644. The van der Waals surface area contributed by atoms with Crippen molar-refractivity contribution >= 4 is 25.2 Å². The van der Waals surface area contributed by atoms with E-state index in [0.29, 0.717) is 0 Å². The number of anilines is 1. The van der Waals surface area contributed by atoms with E-state index >= 15 is 0 Å². The van der Waals surface area contributed by atoms with Crippen LogP contribution in [0.2, 0.25) is 11.1 Å². The molecule has 0 bridgehead atoms. The van der Waals surface area contributed by atoms with E-state index in [1.54, 1.807) is 0 Å². The molecule has 0 N–H and O–H groups in total. The van der Waals surface area contributed by atoms with E-state index in [-0.39, 0.29) is 0 Å². The highest BCUT2D eigenvalue weighted by molar-refractivity contribution is 6.75. The molecule has 0 saturated carbocycles. The molecule has 0 spiro atoms. The largest absolute Gasteiger partial charge is 0.378 e. The van der Waals surface area contributed by atoms with Crippen molar-refractivity contribution in [1.29, 1.82) is 0 Å². The molecule has 0 heterocycles. The van der Waals surface area contributed by atoms with Gasteiger partial charge in [-0.15, -0.1) is 0 Å². The van der Waals surface area contributed by atoms with Crippen LogP contribution < -0.4 is 10.1 Å². The molecule has 0 aliphatic heterocycles. The average Bonchev–Trinajstić information content (AvgIpc) is 2.54. The molecule has 2 heteroatoms. The molecule has 2 aromatic rings. The van der Waals surface area contributed by atoms with Crippen molar-refractivity contribution in [2.24, 2.45) is 0 Å². The highest BCUT2D eigenvalue weighted by Crippen LogP contribution is 2.25. The van der Waals surface area contributed by atoms with Gasteiger partial charge in [-0.1, -0.05) is 75.9 Å². The number of nitrogens with zero attached hydrogens (tertiary/aromatic N) is 1. The zero-order valence-corrected chi connectivity index (χ0v) is 16.9. The minimum Gasteiger partial charge on any atom is -0.378 e. The van der Waals surface area contributed by atoms with Gasteiger partial charge in [0, 0.05) is 19.8 Å². The maximum atomic E-state index is 4.31. The molecule has 127 valence electrons. The first-order valence-electron chi connectivity index (χ1n) is 8.75. The molecule has 2 aromatic carbocycles. The molecule has 1 radical (unpaired) electrons. The molecule has 0 saturated heterocycles. The molecule has 0 aliphatic carbocycles. The van der Waals surface area contributed by atoms with Crippen LogP contribution in [0.15, 0.2) is 55.1 Å². The summed E-state index contributed by atoms with van der Waals surface area (Å²) in [6.07, 6.45) is 0. The predicted octanol–water partition coefficient (Wildman–Crippen LogP) is 5.34. The van der Waals surface area contributed by atoms with Gasteiger partial charge in [-0.05, 0) is 39.9 Å². The fourth-order valence-corrected chi connectivity index (χ4v) is 6.54. The van der Waals surface area contributed by atoms with Crippen LogP contribution in [-0.2, 0) is 0 Å². The summed E-state index contributed by atoms with van der Waals surface area (Å²) in [6.45, 7) is 13.7. The summed E-state index contributed by atoms with van der Waals surface area (Å²) < 4.78 is 0. The highest BCUT2D eigenvalue weighted by atomic mass is 28.3. The molecule has 0 amide bonds. The van der Waals surface area contributed by atoms with Gasteiger partial charge >= 0.3 is 0 Å². The summed E-state index contributed by atoms with van der Waals surface area (Å²) in [5, 5.41) is 1.53. The summed E-state index contributed by atoms with van der Waals surface area (Å²) in [6, 6.07) is 17.7. The summed E-state index contributed by atoms with van der Waals surface area (Å²) in [4.78, 5) is 2.11. The molecule has 2 rings (SSSR count). The Balaban J connectivity index is 2.22. The Morgan fingerprint density at radius 3 is 1.58 bits per heavy atom. The zero-order chi connectivity index (χ0) is 17.9. The van der Waals surface area contributed by atoms with Gasteiger partial charge in [0.15, 0.2) is 0 Å². The Morgan fingerprint density at radius 2 is 1.21 bits per heavy atom. The normalized spacial score (nSPS) is 11.4. The fourth-order valence-electron chi connectivity index (χ4n) is 3.32. The maximum absolute atomic E-state index is 4.31. The van der Waals surface area contributed by atoms with Crippen LogP contribution in [0.25, 0.3) is 5.57 Å². The van der Waals surface area contributed by atoms with Crippen LogP contribution in [0, 0.1) is 0 Å². The number of hydrogen-bond acceptors (Lipinski definition) is 1. The Morgan fingerprint density at radius 1 is 0.792 bits per heavy atom. The molecule has 0 fully saturated rings. The first kappa shape index (κ1) is 18.5. The van der Waals surface area contributed by atoms with Crippen molar-refractivity contribution in [1.82, 2.24) is 0 Å². The third kappa shape index (κ3) is 4.18. The Labute approximate surface area is 149 Å². The molecular weight excluding hydrogens is 306 g/mol. The third-order valence-electron chi connectivity index (χ3n) is 4.54. The lowest BCUT2D eigenvalue weighted by Crippen LogP contribution is -2.35. The van der Waals surface area contributed by atoms with Gasteiger partial charge in [0.1, 0.15) is 0 Å². The lowest BCUT2D eigenvalue weighted by Gasteiger charge is -2.23. The number of rotatable bonds is 6. The monoisotopic (exact) mass is 336 g/mol. The summed E-state index contributed by atoms with van der Waals surface area (Å²) in [5.41, 5.74) is 6.21. The lowest BCUT2D eigenvalue weighted by molar-refractivity contribution is 0.951. The van der Waals surface area contributed by atoms with Crippen molar-refractivity contribution < 1.29 is 0 Å². The average molecular weight is 337 g/mol. The predicted molar refractivity (Wildman–Crippen MR) is 111 cm³/mol. The van der Waals surface area contributed by atoms with Crippen molar-refractivity contribution in [3.05, 3.63) is 66.2 Å². The second kappa shape index (κ2) is 7.85. The van der Waals surface area contributed by atoms with Gasteiger partial charge in [-0.25, -0.2) is 0 Å². The standard InChI is InChI=1S/C22H30NSi/c1-16(2)24(17(3)4)22-14-10-20(11-15-22)18(5)19-8-12-21(13-9-19)23(6)7/h8-17H,5H2,1-4,6-7H3. The highest BCUT2D eigenvalue weighted by Gasteiger charge is 2.21. The molecule has 24 heavy (non-hydrogen) atoms. The van der Waals surface area contributed by atoms with Gasteiger partial charge in [0.05, 0.1) is 8.80 Å². The molecule has 0 aliphatic rings. The van der Waals surface area contributed by atoms with E-state index in [9.17, 15) is 0 Å². The van der Waals surface area contributed by atoms with Crippen molar-refractivity contribution in [2.45, 2.75) is 38.8 Å². The third-order valence-corrected chi connectivity index (χ3v) is 8.03. The van der Waals surface area contributed by atoms with Gasteiger partial charge in [0.2, 0.25) is 0 Å². The minimum atomic E-state index is -0.512. The number of hydrogen-bond donors (Lipinski definition) is 0. The first-order chi connectivity index (χ1) is 11.3. The Bertz CT molecular complexity index is 658. The van der Waals surface area contributed by atoms with Crippen LogP contribution in [0.1, 0.15) is 38.8 Å². The smallest absolute Gasteiger partial charge is 0.0910 e. The SMILES string of the molecule is C=C(c1ccc(N(C)C)cc1)c1ccc([Si](C(C)C)C(C)C)cc1. The van der Waals surface area contributed by atoms with Crippen LogP contribution in [0.5, 0.6) is 0 Å². The van der Waals surface area contributed by atoms with Crippen LogP contribution in [-0.4, -0.2) is 22.9 Å². The molecule has 0 atom stereocenters. The van der Waals surface area contributed by atoms with Gasteiger partial charge in [-0.3, -0.25) is 0 Å². The molecule has 0 unspecified atom stereocenters. The molecular formula is C22H30NSi. The molecule has 1 nitrogen and oxygen atoms in total. The second-order valence-electron chi connectivity index (χ2n) is 7.26. The van der Waals surface area contributed by atoms with Crippen LogP contribution in [0.4, 0.5) is 5.69 Å². The van der Waals surface area contributed by atoms with Crippen molar-refractivity contribution in [3.8, 4) is 0 Å². The van der Waals surface area contributed by atoms with Gasteiger partial charge in [-0.2, -0.15) is 0 Å². The lowest BCUT2D eigenvalue weighted by atomic mass is 9.99. The first-order valence-corrected chi connectivity index (χ1v) is 10.4. The zero-order valence-electron chi connectivity index (χ0n) is 15.9. The summed E-state index contributed by atoms with van der Waals surface area (Å²) >= 11 is 0. The minimum absolute atomic E-state index is 0.512. The second-order valence-corrected chi connectivity index (χ2v) is 11.1. The van der Waals surface area contributed by atoms with E-state index in [2.05, 4.69) is 102 Å². The Kier molecular flexibility index (Phi) is 6.06.